The smallest absolute Gasteiger partial charge is 0.235 e. The normalized spacial score (nSPS) is 12.6. The number of carbonyl (C=O) groups excluding carboxylic acids is 1. The molecule has 0 spiro atoms. The van der Waals surface area contributed by atoms with Gasteiger partial charge in [0.1, 0.15) is 11.7 Å². The molecule has 0 aliphatic heterocycles. The molecule has 0 fully saturated rings. The van der Waals surface area contributed by atoms with Crippen LogP contribution >= 0.6 is 11.6 Å². The molecule has 1 atom stereocenters. The van der Waals surface area contributed by atoms with Gasteiger partial charge in [-0.05, 0) is 23.6 Å². The van der Waals surface area contributed by atoms with Gasteiger partial charge in [-0.15, -0.1) is 11.6 Å². The maximum atomic E-state index is 12.8. The van der Waals surface area contributed by atoms with Crippen molar-refractivity contribution in [3.63, 3.8) is 0 Å². The average Bonchev–Trinajstić information content (AvgIpc) is 2.26. The average molecular weight is 244 g/mol. The van der Waals surface area contributed by atoms with E-state index in [1.807, 2.05) is 13.8 Å². The Hall–Kier alpha value is -1.09. The number of nitrogens with one attached hydrogen (secondary N) is 1. The number of hydrogen-bond acceptors (Lipinski definition) is 1. The third-order valence-electron chi connectivity index (χ3n) is 2.33. The standard InChI is InChI=1S/C12H15ClFNO/c1-8(2)12(15-11(16)7-13)9-3-5-10(14)6-4-9/h3-6,8,12H,7H2,1-2H3,(H,15,16). The van der Waals surface area contributed by atoms with Crippen molar-refractivity contribution in [1.29, 1.82) is 0 Å². The molecule has 1 N–H and O–H groups in total. The Balaban J connectivity index is 2.85. The summed E-state index contributed by atoms with van der Waals surface area (Å²) in [6.45, 7) is 3.98. The Morgan fingerprint density at radius 1 is 1.38 bits per heavy atom. The van der Waals surface area contributed by atoms with Crippen LogP contribution in [0.5, 0.6) is 0 Å². The van der Waals surface area contributed by atoms with E-state index < -0.39 is 0 Å². The number of alkyl halides is 1. The predicted octanol–water partition coefficient (Wildman–Crippen LogP) is 2.88. The molecule has 0 saturated heterocycles. The molecule has 4 heteroatoms. The molecule has 0 aromatic heterocycles. The first-order chi connectivity index (χ1) is 7.54. The molecule has 1 aromatic carbocycles. The molecule has 1 aromatic rings. The summed E-state index contributed by atoms with van der Waals surface area (Å²) in [6, 6.07) is 5.99. The van der Waals surface area contributed by atoms with Crippen molar-refractivity contribution in [3.8, 4) is 0 Å². The number of benzene rings is 1. The number of halogens is 2. The van der Waals surface area contributed by atoms with Crippen molar-refractivity contribution in [1.82, 2.24) is 5.32 Å². The third kappa shape index (κ3) is 3.49. The monoisotopic (exact) mass is 243 g/mol. The van der Waals surface area contributed by atoms with Gasteiger partial charge in [-0.2, -0.15) is 0 Å². The Morgan fingerprint density at radius 2 is 1.94 bits per heavy atom. The van der Waals surface area contributed by atoms with Gasteiger partial charge in [0.2, 0.25) is 5.91 Å². The van der Waals surface area contributed by atoms with Gasteiger partial charge in [-0.25, -0.2) is 4.39 Å². The van der Waals surface area contributed by atoms with Gasteiger partial charge >= 0.3 is 0 Å². The van der Waals surface area contributed by atoms with Gasteiger partial charge in [0.25, 0.3) is 0 Å². The fourth-order valence-corrected chi connectivity index (χ4v) is 1.59. The topological polar surface area (TPSA) is 29.1 Å². The fraction of sp³-hybridized carbons (Fsp3) is 0.417. The SMILES string of the molecule is CC(C)C(NC(=O)CCl)c1ccc(F)cc1. The molecular weight excluding hydrogens is 229 g/mol. The molecule has 0 aliphatic rings. The van der Waals surface area contributed by atoms with Gasteiger partial charge in [0.05, 0.1) is 6.04 Å². The van der Waals surface area contributed by atoms with Crippen LogP contribution in [-0.2, 0) is 4.79 Å². The lowest BCUT2D eigenvalue weighted by molar-refractivity contribution is -0.119. The van der Waals surface area contributed by atoms with Gasteiger partial charge in [0, 0.05) is 0 Å². The van der Waals surface area contributed by atoms with Crippen LogP contribution in [0.2, 0.25) is 0 Å². The highest BCUT2D eigenvalue weighted by atomic mass is 35.5. The maximum Gasteiger partial charge on any atom is 0.235 e. The summed E-state index contributed by atoms with van der Waals surface area (Å²) in [4.78, 5) is 11.2. The molecule has 0 radical (unpaired) electrons. The van der Waals surface area contributed by atoms with E-state index in [1.54, 1.807) is 12.1 Å². The molecule has 2 nitrogen and oxygen atoms in total. The molecule has 0 saturated carbocycles. The van der Waals surface area contributed by atoms with Crippen LogP contribution in [0.15, 0.2) is 24.3 Å². The molecule has 0 aliphatic carbocycles. The minimum absolute atomic E-state index is 0.0651. The summed E-state index contributed by atoms with van der Waals surface area (Å²) in [7, 11) is 0. The van der Waals surface area contributed by atoms with Crippen LogP contribution in [-0.4, -0.2) is 11.8 Å². The first-order valence-corrected chi connectivity index (χ1v) is 5.69. The van der Waals surface area contributed by atoms with Crippen molar-refractivity contribution in [2.24, 2.45) is 5.92 Å². The Labute approximate surface area is 99.8 Å². The Kier molecular flexibility index (Phi) is 4.74. The Morgan fingerprint density at radius 3 is 2.38 bits per heavy atom. The summed E-state index contributed by atoms with van der Waals surface area (Å²) in [5.74, 6) is -0.345. The summed E-state index contributed by atoms with van der Waals surface area (Å²) < 4.78 is 12.8. The summed E-state index contributed by atoms with van der Waals surface area (Å²) in [5, 5.41) is 2.81. The summed E-state index contributed by atoms with van der Waals surface area (Å²) >= 11 is 5.44. The number of hydrogen-bond donors (Lipinski definition) is 1. The second-order valence-corrected chi connectivity index (χ2v) is 4.24. The van der Waals surface area contributed by atoms with E-state index >= 15 is 0 Å². The zero-order valence-corrected chi connectivity index (χ0v) is 10.1. The molecule has 88 valence electrons. The zero-order chi connectivity index (χ0) is 12.1. The summed E-state index contributed by atoms with van der Waals surface area (Å²) in [5.41, 5.74) is 0.884. The molecule has 16 heavy (non-hydrogen) atoms. The molecule has 0 bridgehead atoms. The van der Waals surface area contributed by atoms with Crippen LogP contribution in [0.4, 0.5) is 4.39 Å². The lowest BCUT2D eigenvalue weighted by Gasteiger charge is -2.22. The van der Waals surface area contributed by atoms with E-state index in [4.69, 9.17) is 11.6 Å². The predicted molar refractivity (Wildman–Crippen MR) is 62.8 cm³/mol. The van der Waals surface area contributed by atoms with Gasteiger partial charge in [-0.1, -0.05) is 26.0 Å². The number of amides is 1. The van der Waals surface area contributed by atoms with E-state index in [1.165, 1.54) is 12.1 Å². The largest absolute Gasteiger partial charge is 0.348 e. The number of rotatable bonds is 4. The minimum atomic E-state index is -0.282. The van der Waals surface area contributed by atoms with Crippen LogP contribution in [0, 0.1) is 11.7 Å². The second-order valence-electron chi connectivity index (χ2n) is 3.97. The van der Waals surface area contributed by atoms with Crippen molar-refractivity contribution < 1.29 is 9.18 Å². The summed E-state index contributed by atoms with van der Waals surface area (Å²) in [6.07, 6.45) is 0. The van der Waals surface area contributed by atoms with Gasteiger partial charge < -0.3 is 5.32 Å². The lowest BCUT2D eigenvalue weighted by atomic mass is 9.96. The number of carbonyl (C=O) groups is 1. The molecule has 0 heterocycles. The van der Waals surface area contributed by atoms with Crippen LogP contribution in [0.3, 0.4) is 0 Å². The molecule has 1 rings (SSSR count). The van der Waals surface area contributed by atoms with Crippen molar-refractivity contribution in [2.75, 3.05) is 5.88 Å². The van der Waals surface area contributed by atoms with E-state index in [-0.39, 0.29) is 29.6 Å². The molecule has 1 unspecified atom stereocenters. The maximum absolute atomic E-state index is 12.8. The quantitative estimate of drug-likeness (QED) is 0.810. The van der Waals surface area contributed by atoms with Crippen molar-refractivity contribution >= 4 is 17.5 Å². The highest BCUT2D eigenvalue weighted by Crippen LogP contribution is 2.21. The Bertz CT molecular complexity index is 351. The van der Waals surface area contributed by atoms with Crippen LogP contribution < -0.4 is 5.32 Å². The third-order valence-corrected chi connectivity index (χ3v) is 2.58. The van der Waals surface area contributed by atoms with Crippen LogP contribution in [0.1, 0.15) is 25.5 Å². The van der Waals surface area contributed by atoms with E-state index in [0.717, 1.165) is 5.56 Å². The lowest BCUT2D eigenvalue weighted by Crippen LogP contribution is -2.32. The van der Waals surface area contributed by atoms with E-state index in [9.17, 15) is 9.18 Å². The van der Waals surface area contributed by atoms with Gasteiger partial charge in [-0.3, -0.25) is 4.79 Å². The highest BCUT2D eigenvalue weighted by Gasteiger charge is 2.17. The first-order valence-electron chi connectivity index (χ1n) is 5.15. The van der Waals surface area contributed by atoms with Crippen molar-refractivity contribution in [3.05, 3.63) is 35.6 Å². The van der Waals surface area contributed by atoms with Crippen LogP contribution in [0.25, 0.3) is 0 Å². The van der Waals surface area contributed by atoms with Gasteiger partial charge in [0.15, 0.2) is 0 Å². The minimum Gasteiger partial charge on any atom is -0.348 e. The van der Waals surface area contributed by atoms with Crippen molar-refractivity contribution in [2.45, 2.75) is 19.9 Å². The first kappa shape index (κ1) is 13.0. The highest BCUT2D eigenvalue weighted by molar-refractivity contribution is 6.27. The molecular formula is C12H15ClFNO. The fourth-order valence-electron chi connectivity index (χ4n) is 1.52. The van der Waals surface area contributed by atoms with E-state index in [2.05, 4.69) is 5.32 Å². The molecule has 1 amide bonds. The zero-order valence-electron chi connectivity index (χ0n) is 9.34. The van der Waals surface area contributed by atoms with E-state index in [0.29, 0.717) is 0 Å². The second kappa shape index (κ2) is 5.85.